The smallest absolute Gasteiger partial charge is 0.781 e. The van der Waals surface area contributed by atoms with Gasteiger partial charge in [0.15, 0.2) is 0 Å². The monoisotopic (exact) mass is 547 g/mol. The molecule has 9 nitrogen and oxygen atoms in total. The molecule has 0 aromatic carbocycles. The van der Waals surface area contributed by atoms with Crippen molar-refractivity contribution in [3.8, 4) is 0 Å². The van der Waals surface area contributed by atoms with Crippen LogP contribution < -0.4 is 14.7 Å². The summed E-state index contributed by atoms with van der Waals surface area (Å²) in [6, 6.07) is 0. The summed E-state index contributed by atoms with van der Waals surface area (Å²) in [5, 5.41) is 0. The van der Waals surface area contributed by atoms with Gasteiger partial charge in [-0.25, -0.2) is 0 Å². The van der Waals surface area contributed by atoms with E-state index in [2.05, 4.69) is 34.3 Å². The Labute approximate surface area is 201 Å². The minimum atomic E-state index is -2.92. The van der Waals surface area contributed by atoms with Crippen LogP contribution in [-0.4, -0.2) is 19.8 Å². The van der Waals surface area contributed by atoms with Gasteiger partial charge in [0.25, 0.3) is 0 Å². The zero-order valence-corrected chi connectivity index (χ0v) is 23.5. The average Bonchev–Trinajstić information content (AvgIpc) is 2.68. The maximum atomic E-state index is 9.88. The second-order valence-corrected chi connectivity index (χ2v) is 8.84. The standard InChI is InChI=1S/3C6H15O3P.Cr/c3*1-2-3-4-5-6-9-10(7)8;/h3*10H,2-6H2,1H3,(H,7,8);/q;;;+3/p-3. The van der Waals surface area contributed by atoms with Gasteiger partial charge in [-0.2, -0.15) is 0 Å². The van der Waals surface area contributed by atoms with Crippen LogP contribution in [0.15, 0.2) is 0 Å². The van der Waals surface area contributed by atoms with E-state index in [0.717, 1.165) is 77.0 Å². The van der Waals surface area contributed by atoms with Crippen molar-refractivity contribution in [1.82, 2.24) is 0 Å². The second-order valence-electron chi connectivity index (χ2n) is 6.48. The molecule has 0 heterocycles. The topological polar surface area (TPSA) is 148 Å². The van der Waals surface area contributed by atoms with Crippen LogP contribution in [-0.2, 0) is 44.6 Å². The fraction of sp³-hybridized carbons (Fsp3) is 1.00. The first-order valence-electron chi connectivity index (χ1n) is 10.8. The molecule has 0 aliphatic carbocycles. The maximum Gasteiger partial charge on any atom is 3.00 e. The summed E-state index contributed by atoms with van der Waals surface area (Å²) in [5.74, 6) is 0. The van der Waals surface area contributed by atoms with Crippen molar-refractivity contribution in [3.05, 3.63) is 0 Å². The third-order valence-electron chi connectivity index (χ3n) is 3.65. The summed E-state index contributed by atoms with van der Waals surface area (Å²) in [7, 11) is -8.77. The minimum absolute atomic E-state index is 0. The van der Waals surface area contributed by atoms with Crippen molar-refractivity contribution < 1.29 is 59.3 Å². The van der Waals surface area contributed by atoms with Crippen molar-refractivity contribution in [2.45, 2.75) is 97.8 Å². The van der Waals surface area contributed by atoms with Gasteiger partial charge in [-0.15, -0.1) is 0 Å². The number of rotatable bonds is 18. The van der Waals surface area contributed by atoms with Gasteiger partial charge < -0.3 is 41.9 Å². The quantitative estimate of drug-likeness (QED) is 0.183. The molecule has 31 heavy (non-hydrogen) atoms. The molecule has 0 aliphatic heterocycles. The Morgan fingerprint density at radius 1 is 0.484 bits per heavy atom. The van der Waals surface area contributed by atoms with Gasteiger partial charge in [0.1, 0.15) is 24.8 Å². The summed E-state index contributed by atoms with van der Waals surface area (Å²) < 4.78 is 42.8. The third-order valence-corrected chi connectivity index (χ3v) is 4.97. The summed E-state index contributed by atoms with van der Waals surface area (Å²) in [6.07, 6.45) is 12.7. The summed E-state index contributed by atoms with van der Waals surface area (Å²) in [6.45, 7) is 7.41. The molecule has 0 bridgehead atoms. The van der Waals surface area contributed by atoms with Crippen LogP contribution in [0.25, 0.3) is 0 Å². The molecule has 0 rings (SSSR count). The normalized spacial score (nSPS) is 13.0. The second kappa shape index (κ2) is 35.6. The van der Waals surface area contributed by atoms with E-state index in [1.165, 1.54) is 0 Å². The number of hydrogen-bond donors (Lipinski definition) is 0. The molecular weight excluding hydrogens is 505 g/mol. The van der Waals surface area contributed by atoms with E-state index in [-0.39, 0.29) is 17.4 Å². The molecule has 0 N–H and O–H groups in total. The van der Waals surface area contributed by atoms with Gasteiger partial charge in [0.05, 0.1) is 19.8 Å². The molecule has 189 valence electrons. The van der Waals surface area contributed by atoms with Crippen LogP contribution in [0, 0.1) is 0 Å². The van der Waals surface area contributed by atoms with E-state index in [9.17, 15) is 28.4 Å². The zero-order valence-electron chi connectivity index (χ0n) is 19.2. The summed E-state index contributed by atoms with van der Waals surface area (Å²) in [4.78, 5) is 29.7. The van der Waals surface area contributed by atoms with Crippen LogP contribution in [0.2, 0.25) is 0 Å². The molecule has 0 saturated carbocycles. The van der Waals surface area contributed by atoms with Crippen molar-refractivity contribution >= 4 is 24.8 Å². The van der Waals surface area contributed by atoms with Crippen molar-refractivity contribution in [2.75, 3.05) is 19.8 Å². The number of hydrogen-bond acceptors (Lipinski definition) is 9. The van der Waals surface area contributed by atoms with Crippen LogP contribution >= 0.6 is 24.8 Å². The van der Waals surface area contributed by atoms with E-state index in [1.807, 2.05) is 0 Å². The van der Waals surface area contributed by atoms with Gasteiger partial charge in [0, 0.05) is 0 Å². The van der Waals surface area contributed by atoms with Gasteiger partial charge in [-0.3, -0.25) is 0 Å². The Balaban J connectivity index is -0.000000174. The van der Waals surface area contributed by atoms with Crippen molar-refractivity contribution in [2.24, 2.45) is 0 Å². The molecule has 0 fully saturated rings. The van der Waals surface area contributed by atoms with Crippen LogP contribution in [0.3, 0.4) is 0 Å². The molecule has 0 aromatic rings. The fourth-order valence-corrected chi connectivity index (χ4v) is 2.99. The first kappa shape index (κ1) is 39.2. The maximum absolute atomic E-state index is 9.88. The zero-order chi connectivity index (χ0) is 23.5. The molecule has 13 heteroatoms. The Morgan fingerprint density at radius 2 is 0.710 bits per heavy atom. The largest absolute Gasteiger partial charge is 3.00 e. The Hall–Kier alpha value is 0.982. The average molecular weight is 547 g/mol. The first-order valence-corrected chi connectivity index (χ1v) is 14.5. The van der Waals surface area contributed by atoms with Crippen molar-refractivity contribution in [1.29, 1.82) is 0 Å². The molecular formula is C18H42CrO9P3. The SMILES string of the molecule is CCCCCCO[PH](=O)[O-].CCCCCCO[PH](=O)[O-].CCCCCCO[PH](=O)[O-].[Cr+3]. The number of unbranched alkanes of at least 4 members (excludes halogenated alkanes) is 9. The van der Waals surface area contributed by atoms with E-state index < -0.39 is 24.8 Å². The Kier molecular flexibility index (Phi) is 45.0. The summed E-state index contributed by atoms with van der Waals surface area (Å²) in [5.41, 5.74) is 0. The Bertz CT molecular complexity index is 348. The van der Waals surface area contributed by atoms with E-state index in [0.29, 0.717) is 19.8 Å². The first-order chi connectivity index (χ1) is 14.3. The molecule has 1 radical (unpaired) electrons. The third kappa shape index (κ3) is 53.9. The van der Waals surface area contributed by atoms with Crippen molar-refractivity contribution in [3.63, 3.8) is 0 Å². The predicted octanol–water partition coefficient (Wildman–Crippen LogP) is 4.00. The van der Waals surface area contributed by atoms with Crippen LogP contribution in [0.1, 0.15) is 97.8 Å². The fourth-order valence-electron chi connectivity index (χ4n) is 2.05. The molecule has 0 amide bonds. The molecule has 0 spiro atoms. The van der Waals surface area contributed by atoms with Crippen LogP contribution in [0.4, 0.5) is 0 Å². The van der Waals surface area contributed by atoms with E-state index in [4.69, 9.17) is 0 Å². The van der Waals surface area contributed by atoms with Gasteiger partial charge in [0.2, 0.25) is 0 Å². The molecule has 3 atom stereocenters. The molecule has 0 aliphatic rings. The molecule has 3 unspecified atom stereocenters. The van der Waals surface area contributed by atoms with E-state index >= 15 is 0 Å². The molecule has 0 aromatic heterocycles. The minimum Gasteiger partial charge on any atom is -0.781 e. The van der Waals surface area contributed by atoms with E-state index in [1.54, 1.807) is 0 Å². The van der Waals surface area contributed by atoms with Gasteiger partial charge in [-0.05, 0) is 19.3 Å². The van der Waals surface area contributed by atoms with Gasteiger partial charge >= 0.3 is 17.4 Å². The Morgan fingerprint density at radius 3 is 0.871 bits per heavy atom. The summed E-state index contributed by atoms with van der Waals surface area (Å²) >= 11 is 0. The predicted molar refractivity (Wildman–Crippen MR) is 117 cm³/mol. The van der Waals surface area contributed by atoms with Crippen LogP contribution in [0.5, 0.6) is 0 Å². The molecule has 0 saturated heterocycles. The van der Waals surface area contributed by atoms with Gasteiger partial charge in [-0.1, -0.05) is 78.6 Å².